The molecule has 1 rings (SSSR count). The highest BCUT2D eigenvalue weighted by Crippen LogP contribution is 2.22. The number of carbonyl (C=O) groups is 1. The average Bonchev–Trinajstić information content (AvgIpc) is 2.05. The fourth-order valence-electron chi connectivity index (χ4n) is 1.96. The maximum absolute atomic E-state index is 11.5. The molecule has 0 aromatic rings. The van der Waals surface area contributed by atoms with E-state index in [1.165, 1.54) is 19.3 Å². The Bertz CT molecular complexity index is 140. The van der Waals surface area contributed by atoms with Crippen LogP contribution in [0.4, 0.5) is 0 Å². The van der Waals surface area contributed by atoms with Gasteiger partial charge in [-0.1, -0.05) is 32.6 Å². The molecule has 1 aliphatic rings. The minimum absolute atomic E-state index is 0.350. The van der Waals surface area contributed by atoms with E-state index in [1.54, 1.807) is 0 Å². The Balaban J connectivity index is 2.37. The minimum Gasteiger partial charge on any atom is -0.299 e. The zero-order valence-electron chi connectivity index (χ0n) is 7.85. The van der Waals surface area contributed by atoms with E-state index in [1.807, 2.05) is 0 Å². The quantitative estimate of drug-likeness (QED) is 0.617. The molecule has 1 nitrogen and oxygen atoms in total. The summed E-state index contributed by atoms with van der Waals surface area (Å²) >= 11 is 0. The van der Waals surface area contributed by atoms with E-state index in [0.29, 0.717) is 11.7 Å². The van der Waals surface area contributed by atoms with Crippen LogP contribution < -0.4 is 0 Å². The molecule has 0 aliphatic heterocycles. The fourth-order valence-corrected chi connectivity index (χ4v) is 1.96. The molecule has 1 radical (unpaired) electrons. The molecule has 0 aromatic heterocycles. The van der Waals surface area contributed by atoms with Gasteiger partial charge in [0.25, 0.3) is 0 Å². The van der Waals surface area contributed by atoms with Crippen LogP contribution in [0, 0.1) is 12.8 Å². The van der Waals surface area contributed by atoms with E-state index in [9.17, 15) is 4.79 Å². The Morgan fingerprint density at radius 1 is 1.25 bits per heavy atom. The molecule has 0 heterocycles. The predicted octanol–water partition coefficient (Wildman–Crippen LogP) is 3.14. The molecule has 12 heavy (non-hydrogen) atoms. The third-order valence-electron chi connectivity index (χ3n) is 2.73. The summed E-state index contributed by atoms with van der Waals surface area (Å²) in [5.74, 6) is 0.848. The second kappa shape index (κ2) is 5.34. The van der Waals surface area contributed by atoms with Gasteiger partial charge in [-0.25, -0.2) is 0 Å². The molecule has 1 fully saturated rings. The molecule has 1 saturated carbocycles. The molecular weight excluding hydrogens is 148 g/mol. The van der Waals surface area contributed by atoms with Crippen LogP contribution in [0.15, 0.2) is 0 Å². The Hall–Kier alpha value is -0.330. The van der Waals surface area contributed by atoms with Crippen LogP contribution in [-0.4, -0.2) is 5.78 Å². The number of rotatable bonds is 2. The van der Waals surface area contributed by atoms with Crippen molar-refractivity contribution < 1.29 is 4.79 Å². The summed E-state index contributed by atoms with van der Waals surface area (Å²) in [6.45, 7) is 3.82. The molecule has 0 aromatic carbocycles. The lowest BCUT2D eigenvalue weighted by molar-refractivity contribution is -0.123. The van der Waals surface area contributed by atoms with E-state index in [4.69, 9.17) is 0 Å². The van der Waals surface area contributed by atoms with Crippen molar-refractivity contribution in [2.75, 3.05) is 0 Å². The zero-order valence-corrected chi connectivity index (χ0v) is 7.85. The molecule has 1 unspecified atom stereocenters. The van der Waals surface area contributed by atoms with Crippen LogP contribution in [0.5, 0.6) is 0 Å². The van der Waals surface area contributed by atoms with Crippen LogP contribution in [0.25, 0.3) is 0 Å². The summed E-state index contributed by atoms with van der Waals surface area (Å²) < 4.78 is 0. The number of Topliss-reactive ketones (excluding diaryl/α,β-unsaturated/α-hetero) is 1. The first kappa shape index (κ1) is 9.76. The van der Waals surface area contributed by atoms with Gasteiger partial charge in [0.05, 0.1) is 0 Å². The van der Waals surface area contributed by atoms with Gasteiger partial charge in [-0.15, -0.1) is 0 Å². The SMILES string of the molecule is [CH2]CCC1CCCCCCC1=O. The largest absolute Gasteiger partial charge is 0.299 e. The highest BCUT2D eigenvalue weighted by molar-refractivity contribution is 5.80. The van der Waals surface area contributed by atoms with Crippen LogP contribution in [0.2, 0.25) is 0 Å². The van der Waals surface area contributed by atoms with Gasteiger partial charge in [-0.05, 0) is 19.3 Å². The topological polar surface area (TPSA) is 17.1 Å². The normalized spacial score (nSPS) is 26.4. The van der Waals surface area contributed by atoms with E-state index < -0.39 is 0 Å². The van der Waals surface area contributed by atoms with Gasteiger partial charge in [0.1, 0.15) is 5.78 Å². The van der Waals surface area contributed by atoms with Crippen LogP contribution >= 0.6 is 0 Å². The van der Waals surface area contributed by atoms with Crippen LogP contribution in [0.1, 0.15) is 51.4 Å². The highest BCUT2D eigenvalue weighted by Gasteiger charge is 2.18. The van der Waals surface area contributed by atoms with Crippen molar-refractivity contribution in [1.29, 1.82) is 0 Å². The second-order valence-corrected chi connectivity index (χ2v) is 3.76. The molecule has 0 bridgehead atoms. The van der Waals surface area contributed by atoms with Crippen LogP contribution in [0.3, 0.4) is 0 Å². The smallest absolute Gasteiger partial charge is 0.135 e. The maximum atomic E-state index is 11.5. The molecule has 1 aliphatic carbocycles. The summed E-state index contributed by atoms with van der Waals surface area (Å²) in [4.78, 5) is 11.5. The average molecular weight is 167 g/mol. The Kier molecular flexibility index (Phi) is 4.34. The monoisotopic (exact) mass is 167 g/mol. The summed E-state index contributed by atoms with van der Waals surface area (Å²) in [6, 6.07) is 0. The number of hydrogen-bond acceptors (Lipinski definition) is 1. The number of hydrogen-bond donors (Lipinski definition) is 0. The van der Waals surface area contributed by atoms with E-state index in [0.717, 1.165) is 32.1 Å². The Morgan fingerprint density at radius 3 is 2.75 bits per heavy atom. The minimum atomic E-state index is 0.350. The number of carbonyl (C=O) groups excluding carboxylic acids is 1. The molecule has 0 spiro atoms. The van der Waals surface area contributed by atoms with Gasteiger partial charge >= 0.3 is 0 Å². The molecule has 1 atom stereocenters. The Morgan fingerprint density at radius 2 is 2.00 bits per heavy atom. The lowest BCUT2D eigenvalue weighted by Gasteiger charge is -2.17. The van der Waals surface area contributed by atoms with Crippen molar-refractivity contribution in [2.24, 2.45) is 5.92 Å². The van der Waals surface area contributed by atoms with Crippen molar-refractivity contribution in [1.82, 2.24) is 0 Å². The summed E-state index contributed by atoms with van der Waals surface area (Å²) in [7, 11) is 0. The summed E-state index contributed by atoms with van der Waals surface area (Å²) in [6.07, 6.45) is 8.81. The van der Waals surface area contributed by atoms with Gasteiger partial charge in [0.2, 0.25) is 0 Å². The van der Waals surface area contributed by atoms with E-state index in [2.05, 4.69) is 6.92 Å². The summed E-state index contributed by atoms with van der Waals surface area (Å²) in [5, 5.41) is 0. The molecule has 69 valence electrons. The standard InChI is InChI=1S/C11H19O/c1-2-7-10-8-5-3-4-6-9-11(10)12/h10H,1-9H2. The Labute approximate surface area is 75.5 Å². The third kappa shape index (κ3) is 2.96. The number of ketones is 1. The van der Waals surface area contributed by atoms with Gasteiger partial charge < -0.3 is 0 Å². The van der Waals surface area contributed by atoms with Crippen LogP contribution in [-0.2, 0) is 4.79 Å². The molecule has 0 amide bonds. The van der Waals surface area contributed by atoms with Gasteiger partial charge in [0, 0.05) is 12.3 Å². The summed E-state index contributed by atoms with van der Waals surface area (Å²) in [5.41, 5.74) is 0. The van der Waals surface area contributed by atoms with Crippen molar-refractivity contribution in [3.05, 3.63) is 6.92 Å². The third-order valence-corrected chi connectivity index (χ3v) is 2.73. The maximum Gasteiger partial charge on any atom is 0.135 e. The van der Waals surface area contributed by atoms with E-state index >= 15 is 0 Å². The van der Waals surface area contributed by atoms with Crippen molar-refractivity contribution in [3.63, 3.8) is 0 Å². The second-order valence-electron chi connectivity index (χ2n) is 3.76. The molecular formula is C11H19O. The first-order valence-electron chi connectivity index (χ1n) is 5.16. The van der Waals surface area contributed by atoms with Crippen molar-refractivity contribution >= 4 is 5.78 Å². The fraction of sp³-hybridized carbons (Fsp3) is 0.818. The van der Waals surface area contributed by atoms with Gasteiger partial charge in [0.15, 0.2) is 0 Å². The molecule has 0 N–H and O–H groups in total. The van der Waals surface area contributed by atoms with Gasteiger partial charge in [-0.3, -0.25) is 4.79 Å². The first-order chi connectivity index (χ1) is 5.84. The van der Waals surface area contributed by atoms with E-state index in [-0.39, 0.29) is 0 Å². The first-order valence-corrected chi connectivity index (χ1v) is 5.16. The predicted molar refractivity (Wildman–Crippen MR) is 50.8 cm³/mol. The lowest BCUT2D eigenvalue weighted by atomic mass is 9.87. The van der Waals surface area contributed by atoms with Crippen molar-refractivity contribution in [3.8, 4) is 0 Å². The highest BCUT2D eigenvalue weighted by atomic mass is 16.1. The molecule has 0 saturated heterocycles. The van der Waals surface area contributed by atoms with Crippen molar-refractivity contribution in [2.45, 2.75) is 51.4 Å². The zero-order chi connectivity index (χ0) is 8.81. The lowest BCUT2D eigenvalue weighted by Crippen LogP contribution is -2.15. The van der Waals surface area contributed by atoms with Gasteiger partial charge in [-0.2, -0.15) is 0 Å². The molecule has 1 heteroatoms.